The SMILES string of the molecule is CC1=C(C)NCCOC1. The molecule has 0 amide bonds. The van der Waals surface area contributed by atoms with E-state index in [0.717, 1.165) is 19.8 Å². The van der Waals surface area contributed by atoms with Gasteiger partial charge in [-0.3, -0.25) is 0 Å². The van der Waals surface area contributed by atoms with E-state index >= 15 is 0 Å². The lowest BCUT2D eigenvalue weighted by Gasteiger charge is -2.01. The van der Waals surface area contributed by atoms with Gasteiger partial charge in [-0.25, -0.2) is 0 Å². The van der Waals surface area contributed by atoms with Crippen molar-refractivity contribution in [3.8, 4) is 0 Å². The molecule has 1 heterocycles. The zero-order chi connectivity index (χ0) is 6.69. The Morgan fingerprint density at radius 3 is 3.00 bits per heavy atom. The maximum atomic E-state index is 5.26. The van der Waals surface area contributed by atoms with Crippen molar-refractivity contribution >= 4 is 0 Å². The molecule has 1 aliphatic rings. The molecule has 1 N–H and O–H groups in total. The molecule has 0 atom stereocenters. The summed E-state index contributed by atoms with van der Waals surface area (Å²) >= 11 is 0. The van der Waals surface area contributed by atoms with Crippen LogP contribution >= 0.6 is 0 Å². The van der Waals surface area contributed by atoms with E-state index in [1.165, 1.54) is 11.3 Å². The second-order valence-corrected chi connectivity index (χ2v) is 2.38. The highest BCUT2D eigenvalue weighted by molar-refractivity contribution is 5.08. The Balaban J connectivity index is 2.55. The summed E-state index contributed by atoms with van der Waals surface area (Å²) in [4.78, 5) is 0. The van der Waals surface area contributed by atoms with Gasteiger partial charge in [-0.05, 0) is 19.4 Å². The van der Waals surface area contributed by atoms with E-state index in [1.807, 2.05) is 0 Å². The summed E-state index contributed by atoms with van der Waals surface area (Å²) in [6, 6.07) is 0. The third-order valence-corrected chi connectivity index (χ3v) is 1.60. The molecule has 0 spiro atoms. The number of allylic oxidation sites excluding steroid dienone is 1. The van der Waals surface area contributed by atoms with Crippen LogP contribution in [-0.4, -0.2) is 19.8 Å². The van der Waals surface area contributed by atoms with Crippen molar-refractivity contribution in [2.45, 2.75) is 13.8 Å². The summed E-state index contributed by atoms with van der Waals surface area (Å²) in [5.74, 6) is 0. The normalized spacial score (nSPS) is 21.1. The highest BCUT2D eigenvalue weighted by atomic mass is 16.5. The predicted octanol–water partition coefficient (Wildman–Crippen LogP) is 0.900. The first kappa shape index (κ1) is 6.62. The fourth-order valence-corrected chi connectivity index (χ4v) is 0.795. The fraction of sp³-hybridized carbons (Fsp3) is 0.714. The van der Waals surface area contributed by atoms with Crippen LogP contribution in [0.25, 0.3) is 0 Å². The van der Waals surface area contributed by atoms with Crippen LogP contribution in [0.4, 0.5) is 0 Å². The summed E-state index contributed by atoms with van der Waals surface area (Å²) in [5, 5.41) is 3.25. The number of nitrogens with one attached hydrogen (secondary N) is 1. The number of rotatable bonds is 0. The van der Waals surface area contributed by atoms with Crippen molar-refractivity contribution < 1.29 is 4.74 Å². The van der Waals surface area contributed by atoms with Crippen molar-refractivity contribution in [2.75, 3.05) is 19.8 Å². The molecule has 0 aromatic heterocycles. The van der Waals surface area contributed by atoms with Crippen LogP contribution in [0, 0.1) is 0 Å². The molecule has 0 aromatic carbocycles. The van der Waals surface area contributed by atoms with Crippen molar-refractivity contribution in [3.05, 3.63) is 11.3 Å². The van der Waals surface area contributed by atoms with Gasteiger partial charge >= 0.3 is 0 Å². The van der Waals surface area contributed by atoms with E-state index in [4.69, 9.17) is 4.74 Å². The molecule has 2 heteroatoms. The van der Waals surface area contributed by atoms with Gasteiger partial charge in [0, 0.05) is 12.2 Å². The van der Waals surface area contributed by atoms with E-state index in [0.29, 0.717) is 0 Å². The molecule has 0 saturated heterocycles. The highest BCUT2D eigenvalue weighted by Crippen LogP contribution is 2.02. The van der Waals surface area contributed by atoms with Crippen LogP contribution in [0.15, 0.2) is 11.3 Å². The summed E-state index contributed by atoms with van der Waals surface area (Å²) in [6.07, 6.45) is 0. The zero-order valence-electron chi connectivity index (χ0n) is 6.03. The predicted molar refractivity (Wildman–Crippen MR) is 37.2 cm³/mol. The quantitative estimate of drug-likeness (QED) is 0.522. The molecule has 1 aliphatic heterocycles. The van der Waals surface area contributed by atoms with Gasteiger partial charge in [0.05, 0.1) is 13.2 Å². The molecule has 1 rings (SSSR count). The largest absolute Gasteiger partial charge is 0.386 e. The third-order valence-electron chi connectivity index (χ3n) is 1.60. The van der Waals surface area contributed by atoms with Crippen molar-refractivity contribution in [1.29, 1.82) is 0 Å². The Hall–Kier alpha value is -0.500. The molecule has 2 nitrogen and oxygen atoms in total. The molecule has 0 aliphatic carbocycles. The Kier molecular flexibility index (Phi) is 2.11. The number of hydrogen-bond donors (Lipinski definition) is 1. The van der Waals surface area contributed by atoms with E-state index < -0.39 is 0 Å². The fourth-order valence-electron chi connectivity index (χ4n) is 0.795. The first-order valence-corrected chi connectivity index (χ1v) is 3.28. The van der Waals surface area contributed by atoms with Crippen LogP contribution in [0.3, 0.4) is 0 Å². The van der Waals surface area contributed by atoms with Crippen LogP contribution in [0.1, 0.15) is 13.8 Å². The number of hydrogen-bond acceptors (Lipinski definition) is 2. The Bertz CT molecular complexity index is 115. The lowest BCUT2D eigenvalue weighted by molar-refractivity contribution is 0.166. The topological polar surface area (TPSA) is 21.3 Å². The van der Waals surface area contributed by atoms with Crippen LogP contribution in [0.2, 0.25) is 0 Å². The minimum Gasteiger partial charge on any atom is -0.386 e. The Morgan fingerprint density at radius 2 is 2.22 bits per heavy atom. The average molecular weight is 127 g/mol. The first-order chi connectivity index (χ1) is 4.30. The lowest BCUT2D eigenvalue weighted by Crippen LogP contribution is -2.14. The zero-order valence-corrected chi connectivity index (χ0v) is 6.03. The van der Waals surface area contributed by atoms with Gasteiger partial charge in [-0.15, -0.1) is 0 Å². The van der Waals surface area contributed by atoms with Gasteiger partial charge in [0.15, 0.2) is 0 Å². The molecule has 0 aromatic rings. The molecule has 0 unspecified atom stereocenters. The maximum absolute atomic E-state index is 5.26. The molecular formula is C7H13NO. The smallest absolute Gasteiger partial charge is 0.0694 e. The van der Waals surface area contributed by atoms with Crippen molar-refractivity contribution in [1.82, 2.24) is 5.32 Å². The minimum atomic E-state index is 0.791. The van der Waals surface area contributed by atoms with E-state index in [2.05, 4.69) is 19.2 Å². The van der Waals surface area contributed by atoms with Crippen molar-refractivity contribution in [3.63, 3.8) is 0 Å². The minimum absolute atomic E-state index is 0.791. The molecule has 52 valence electrons. The van der Waals surface area contributed by atoms with Gasteiger partial charge in [0.25, 0.3) is 0 Å². The monoisotopic (exact) mass is 127 g/mol. The van der Waals surface area contributed by atoms with Gasteiger partial charge in [-0.2, -0.15) is 0 Å². The van der Waals surface area contributed by atoms with E-state index in [-0.39, 0.29) is 0 Å². The first-order valence-electron chi connectivity index (χ1n) is 3.28. The molecule has 0 radical (unpaired) electrons. The maximum Gasteiger partial charge on any atom is 0.0694 e. The van der Waals surface area contributed by atoms with Crippen LogP contribution in [-0.2, 0) is 4.74 Å². The van der Waals surface area contributed by atoms with E-state index in [9.17, 15) is 0 Å². The molecule has 0 bridgehead atoms. The second kappa shape index (κ2) is 2.87. The van der Waals surface area contributed by atoms with E-state index in [1.54, 1.807) is 0 Å². The summed E-state index contributed by atoms with van der Waals surface area (Å²) < 4.78 is 5.26. The van der Waals surface area contributed by atoms with Crippen LogP contribution < -0.4 is 5.32 Å². The second-order valence-electron chi connectivity index (χ2n) is 2.38. The molecule has 0 saturated carbocycles. The third kappa shape index (κ3) is 1.72. The summed E-state index contributed by atoms with van der Waals surface area (Å²) in [5.41, 5.74) is 2.58. The summed E-state index contributed by atoms with van der Waals surface area (Å²) in [6.45, 7) is 6.74. The average Bonchev–Trinajstić information content (AvgIpc) is 1.99. The van der Waals surface area contributed by atoms with Gasteiger partial charge in [0.2, 0.25) is 0 Å². The van der Waals surface area contributed by atoms with Crippen LogP contribution in [0.5, 0.6) is 0 Å². The Labute approximate surface area is 55.9 Å². The van der Waals surface area contributed by atoms with Gasteiger partial charge in [-0.1, -0.05) is 0 Å². The molecule has 0 fully saturated rings. The molecule has 9 heavy (non-hydrogen) atoms. The standard InChI is InChI=1S/C7H13NO/c1-6-5-9-4-3-8-7(6)2/h8H,3-5H2,1-2H3. The number of ether oxygens (including phenoxy) is 1. The van der Waals surface area contributed by atoms with Crippen molar-refractivity contribution in [2.24, 2.45) is 0 Å². The lowest BCUT2D eigenvalue weighted by atomic mass is 10.2. The van der Waals surface area contributed by atoms with Gasteiger partial charge in [0.1, 0.15) is 0 Å². The molecular weight excluding hydrogens is 114 g/mol. The summed E-state index contributed by atoms with van der Waals surface area (Å²) in [7, 11) is 0. The Morgan fingerprint density at radius 1 is 1.44 bits per heavy atom. The van der Waals surface area contributed by atoms with Gasteiger partial charge < -0.3 is 10.1 Å². The highest BCUT2D eigenvalue weighted by Gasteiger charge is 2.00.